The van der Waals surface area contributed by atoms with Crippen LogP contribution in [0.25, 0.3) is 21.7 Å². The van der Waals surface area contributed by atoms with Crippen LogP contribution < -0.4 is 4.90 Å². The number of nitrogens with zero attached hydrogens (tertiary/aromatic N) is 4. The van der Waals surface area contributed by atoms with Gasteiger partial charge in [-0.3, -0.25) is 4.90 Å². The maximum Gasteiger partial charge on any atom is 0.410 e. The fraction of sp³-hybridized carbons (Fsp3) is 0.542. The second kappa shape index (κ2) is 7.76. The Kier molecular flexibility index (Phi) is 5.15. The summed E-state index contributed by atoms with van der Waals surface area (Å²) in [5.74, 6) is 0.381. The lowest BCUT2D eigenvalue weighted by molar-refractivity contribution is 0.0120. The van der Waals surface area contributed by atoms with Crippen LogP contribution in [0.3, 0.4) is 0 Å². The highest BCUT2D eigenvalue weighted by atomic mass is 32.1. The summed E-state index contributed by atoms with van der Waals surface area (Å²) in [7, 11) is 0. The summed E-state index contributed by atoms with van der Waals surface area (Å²) in [5.41, 5.74) is 3.36. The van der Waals surface area contributed by atoms with Gasteiger partial charge in [-0.25, -0.2) is 9.78 Å². The quantitative estimate of drug-likeness (QED) is 0.508. The van der Waals surface area contributed by atoms with Gasteiger partial charge in [0.15, 0.2) is 5.58 Å². The van der Waals surface area contributed by atoms with Crippen LogP contribution in [0, 0.1) is 0 Å². The predicted molar refractivity (Wildman–Crippen MR) is 126 cm³/mol. The van der Waals surface area contributed by atoms with Gasteiger partial charge in [0.05, 0.1) is 17.6 Å². The number of benzene rings is 1. The van der Waals surface area contributed by atoms with Gasteiger partial charge in [0.2, 0.25) is 0 Å². The molecule has 0 radical (unpaired) electrons. The van der Waals surface area contributed by atoms with Gasteiger partial charge in [-0.1, -0.05) is 13.8 Å². The van der Waals surface area contributed by atoms with Gasteiger partial charge in [0.25, 0.3) is 6.01 Å². The number of anilines is 1. The van der Waals surface area contributed by atoms with Gasteiger partial charge in [-0.2, -0.15) is 4.98 Å². The first kappa shape index (κ1) is 21.2. The normalized spacial score (nSPS) is 21.1. The van der Waals surface area contributed by atoms with Crippen molar-refractivity contribution in [2.45, 2.75) is 71.1 Å². The molecule has 2 atom stereocenters. The number of hydrogen-bond acceptors (Lipinski definition) is 7. The monoisotopic (exact) mass is 454 g/mol. The molecular formula is C24H30N4O3S. The number of rotatable bonds is 3. The molecule has 2 aliphatic heterocycles. The molecule has 4 heterocycles. The van der Waals surface area contributed by atoms with E-state index >= 15 is 0 Å². The Balaban J connectivity index is 1.45. The molecule has 5 rings (SSSR count). The van der Waals surface area contributed by atoms with Crippen molar-refractivity contribution < 1.29 is 13.9 Å². The number of amides is 1. The maximum atomic E-state index is 12.8. The second-order valence-electron chi connectivity index (χ2n) is 10.1. The van der Waals surface area contributed by atoms with Gasteiger partial charge in [0, 0.05) is 24.7 Å². The van der Waals surface area contributed by atoms with Crippen molar-refractivity contribution >= 4 is 34.5 Å². The van der Waals surface area contributed by atoms with E-state index < -0.39 is 5.60 Å². The topological polar surface area (TPSA) is 71.7 Å². The van der Waals surface area contributed by atoms with Crippen LogP contribution in [-0.4, -0.2) is 51.7 Å². The van der Waals surface area contributed by atoms with Crippen molar-refractivity contribution in [2.75, 3.05) is 18.0 Å². The van der Waals surface area contributed by atoms with Crippen LogP contribution >= 0.6 is 11.3 Å². The lowest BCUT2D eigenvalue weighted by atomic mass is 10.00. The van der Waals surface area contributed by atoms with Crippen LogP contribution in [0.2, 0.25) is 0 Å². The average Bonchev–Trinajstić information content (AvgIpc) is 3.43. The number of piperazine rings is 1. The molecule has 2 aliphatic rings. The fourth-order valence-corrected chi connectivity index (χ4v) is 5.35. The van der Waals surface area contributed by atoms with Gasteiger partial charge in [0.1, 0.15) is 16.1 Å². The summed E-state index contributed by atoms with van der Waals surface area (Å²) >= 11 is 1.60. The summed E-state index contributed by atoms with van der Waals surface area (Å²) in [6.45, 7) is 11.5. The molecule has 2 aromatic heterocycles. The highest BCUT2D eigenvalue weighted by Gasteiger charge is 2.45. The Morgan fingerprint density at radius 3 is 2.53 bits per heavy atom. The predicted octanol–water partition coefficient (Wildman–Crippen LogP) is 5.66. The largest absolute Gasteiger partial charge is 0.444 e. The third-order valence-electron chi connectivity index (χ3n) is 6.19. The van der Waals surface area contributed by atoms with Crippen molar-refractivity contribution in [3.8, 4) is 10.6 Å². The second-order valence-corrected chi connectivity index (χ2v) is 11.0. The lowest BCUT2D eigenvalue weighted by Gasteiger charge is -2.40. The standard InChI is InChI=1S/C24H30N4O3S/c1-14(2)15-10-18(21-25-8-9-32-21)20-19(11-15)26-22(30-20)27-12-16-6-7-17(13-27)28(16)23(29)31-24(3,4)5/h8-11,14,16-17H,6-7,12-13H2,1-5H3. The first-order chi connectivity index (χ1) is 15.2. The molecule has 7 nitrogen and oxygen atoms in total. The zero-order valence-corrected chi connectivity index (χ0v) is 20.1. The van der Waals surface area contributed by atoms with E-state index in [1.54, 1.807) is 11.3 Å². The minimum atomic E-state index is -0.492. The SMILES string of the molecule is CC(C)c1cc(-c2nccs2)c2oc(N3CC4CCC(C3)N4C(=O)OC(C)(C)C)nc2c1. The van der Waals surface area contributed by atoms with Crippen molar-refractivity contribution in [3.63, 3.8) is 0 Å². The van der Waals surface area contributed by atoms with E-state index in [0.717, 1.165) is 34.5 Å². The number of thiazole rings is 1. The van der Waals surface area contributed by atoms with Crippen LogP contribution in [0.5, 0.6) is 0 Å². The maximum absolute atomic E-state index is 12.8. The molecule has 170 valence electrons. The molecule has 2 unspecified atom stereocenters. The summed E-state index contributed by atoms with van der Waals surface area (Å²) in [6.07, 6.45) is 3.55. The number of carbonyl (C=O) groups excluding carboxylic acids is 1. The van der Waals surface area contributed by atoms with E-state index in [1.165, 1.54) is 5.56 Å². The van der Waals surface area contributed by atoms with Crippen molar-refractivity contribution in [1.82, 2.24) is 14.9 Å². The summed E-state index contributed by atoms with van der Waals surface area (Å²) in [5, 5.41) is 2.92. The molecule has 0 N–H and O–H groups in total. The minimum absolute atomic E-state index is 0.114. The van der Waals surface area contributed by atoms with E-state index in [1.807, 2.05) is 37.2 Å². The number of ether oxygens (including phenoxy) is 1. The molecule has 3 aromatic rings. The third-order valence-corrected chi connectivity index (χ3v) is 6.99. The Hall–Kier alpha value is -2.61. The average molecular weight is 455 g/mol. The number of oxazole rings is 1. The lowest BCUT2D eigenvalue weighted by Crippen LogP contribution is -2.56. The van der Waals surface area contributed by atoms with E-state index in [0.29, 0.717) is 25.0 Å². The number of carbonyl (C=O) groups is 1. The Bertz CT molecular complexity index is 1120. The van der Waals surface area contributed by atoms with E-state index in [4.69, 9.17) is 14.1 Å². The van der Waals surface area contributed by atoms with E-state index in [2.05, 4.69) is 35.9 Å². The van der Waals surface area contributed by atoms with Crippen molar-refractivity contribution in [3.05, 3.63) is 29.3 Å². The number of fused-ring (bicyclic) bond motifs is 3. The van der Waals surface area contributed by atoms with Crippen LogP contribution in [0.4, 0.5) is 10.8 Å². The van der Waals surface area contributed by atoms with Gasteiger partial charge >= 0.3 is 6.09 Å². The zero-order valence-electron chi connectivity index (χ0n) is 19.3. The summed E-state index contributed by atoms with van der Waals surface area (Å²) in [6, 6.07) is 5.15. The van der Waals surface area contributed by atoms with Crippen LogP contribution in [0.1, 0.15) is 58.9 Å². The molecule has 0 saturated carbocycles. The van der Waals surface area contributed by atoms with Crippen LogP contribution in [-0.2, 0) is 4.74 Å². The van der Waals surface area contributed by atoms with Gasteiger partial charge in [-0.05, 0) is 57.2 Å². The summed E-state index contributed by atoms with van der Waals surface area (Å²) in [4.78, 5) is 26.3. The van der Waals surface area contributed by atoms with E-state index in [9.17, 15) is 4.79 Å². The number of aromatic nitrogens is 2. The molecule has 2 bridgehead atoms. The fourth-order valence-electron chi connectivity index (χ4n) is 4.70. The molecule has 1 amide bonds. The molecule has 8 heteroatoms. The Labute approximate surface area is 192 Å². The van der Waals surface area contributed by atoms with Crippen molar-refractivity contribution in [1.29, 1.82) is 0 Å². The molecule has 32 heavy (non-hydrogen) atoms. The van der Waals surface area contributed by atoms with Gasteiger partial charge in [-0.15, -0.1) is 11.3 Å². The molecular weight excluding hydrogens is 424 g/mol. The van der Waals surface area contributed by atoms with Crippen LogP contribution in [0.15, 0.2) is 28.1 Å². The Morgan fingerprint density at radius 2 is 1.94 bits per heavy atom. The zero-order chi connectivity index (χ0) is 22.6. The summed E-state index contributed by atoms with van der Waals surface area (Å²) < 4.78 is 12.0. The number of hydrogen-bond donors (Lipinski definition) is 0. The Morgan fingerprint density at radius 1 is 1.22 bits per heavy atom. The highest BCUT2D eigenvalue weighted by molar-refractivity contribution is 7.13. The highest BCUT2D eigenvalue weighted by Crippen LogP contribution is 2.38. The molecule has 2 saturated heterocycles. The molecule has 0 spiro atoms. The first-order valence-electron chi connectivity index (χ1n) is 11.3. The molecule has 2 fully saturated rings. The first-order valence-corrected chi connectivity index (χ1v) is 12.2. The minimum Gasteiger partial charge on any atom is -0.444 e. The van der Waals surface area contributed by atoms with E-state index in [-0.39, 0.29) is 18.2 Å². The smallest absolute Gasteiger partial charge is 0.410 e. The molecule has 1 aromatic carbocycles. The van der Waals surface area contributed by atoms with Gasteiger partial charge < -0.3 is 14.1 Å². The van der Waals surface area contributed by atoms with Crippen molar-refractivity contribution in [2.24, 2.45) is 0 Å². The molecule has 0 aliphatic carbocycles. The third kappa shape index (κ3) is 3.85.